The number of fused-ring (bicyclic) bond motifs is 1. The van der Waals surface area contributed by atoms with Gasteiger partial charge in [0.05, 0.1) is 39.3 Å². The number of para-hydroxylation sites is 1. The summed E-state index contributed by atoms with van der Waals surface area (Å²) in [5.74, 6) is -0.0428. The molecule has 0 N–H and O–H groups in total. The van der Waals surface area contributed by atoms with Crippen LogP contribution in [0.4, 0.5) is 5.69 Å². The van der Waals surface area contributed by atoms with E-state index < -0.39 is 22.5 Å². The van der Waals surface area contributed by atoms with Crippen LogP contribution in [0.25, 0.3) is 6.08 Å². The van der Waals surface area contributed by atoms with Gasteiger partial charge in [0.1, 0.15) is 11.8 Å². The number of esters is 1. The highest BCUT2D eigenvalue weighted by atomic mass is 32.2. The Morgan fingerprint density at radius 1 is 1.16 bits per heavy atom. The molecule has 3 heterocycles. The second-order valence-electron chi connectivity index (χ2n) is 9.27. The van der Waals surface area contributed by atoms with Crippen molar-refractivity contribution in [3.05, 3.63) is 113 Å². The number of carbonyl (C=O) groups is 1. The lowest BCUT2D eigenvalue weighted by atomic mass is 9.93. The fourth-order valence-electron chi connectivity index (χ4n) is 4.75. The second kappa shape index (κ2) is 13.1. The summed E-state index contributed by atoms with van der Waals surface area (Å²) in [6, 6.07) is 12.7. The molecule has 0 fully saturated rings. The number of allylic oxidation sites excluding steroid dienone is 1. The van der Waals surface area contributed by atoms with E-state index in [-0.39, 0.29) is 17.9 Å². The van der Waals surface area contributed by atoms with E-state index in [0.717, 1.165) is 29.5 Å². The Hall–Kier alpha value is -4.62. The molecule has 0 bridgehead atoms. The SMILES string of the molecule is CCCC1=C(C(=O)OCC)[C@H](c2ccccc2OC)n2c(s/c(=C/c3ccc(Sc4ncccn4)c([N+](=O)[O-])c3)c2=O)=N1. The third-order valence-electron chi connectivity index (χ3n) is 6.55. The fourth-order valence-corrected chi connectivity index (χ4v) is 6.57. The highest BCUT2D eigenvalue weighted by Crippen LogP contribution is 2.37. The first-order chi connectivity index (χ1) is 20.9. The Bertz CT molecular complexity index is 1900. The highest BCUT2D eigenvalue weighted by molar-refractivity contribution is 7.99. The third-order valence-corrected chi connectivity index (χ3v) is 8.49. The van der Waals surface area contributed by atoms with E-state index in [9.17, 15) is 19.7 Å². The zero-order chi connectivity index (χ0) is 30.5. The molecule has 13 heteroatoms. The molecule has 0 saturated carbocycles. The highest BCUT2D eigenvalue weighted by Gasteiger charge is 2.35. The number of nitrogens with zero attached hydrogens (tertiary/aromatic N) is 5. The quantitative estimate of drug-likeness (QED) is 0.109. The number of methoxy groups -OCH3 is 1. The Morgan fingerprint density at radius 3 is 2.63 bits per heavy atom. The average Bonchev–Trinajstić information content (AvgIpc) is 3.31. The van der Waals surface area contributed by atoms with Gasteiger partial charge in [-0.15, -0.1) is 0 Å². The molecule has 43 heavy (non-hydrogen) atoms. The fraction of sp³-hybridized carbons (Fsp3) is 0.233. The van der Waals surface area contributed by atoms with Crippen molar-refractivity contribution in [2.24, 2.45) is 4.99 Å². The van der Waals surface area contributed by atoms with E-state index in [1.165, 1.54) is 17.7 Å². The molecule has 0 unspecified atom stereocenters. The first-order valence-electron chi connectivity index (χ1n) is 13.4. The van der Waals surface area contributed by atoms with Crippen molar-refractivity contribution in [3.63, 3.8) is 0 Å². The van der Waals surface area contributed by atoms with Crippen LogP contribution < -0.4 is 19.6 Å². The number of carbonyl (C=O) groups excluding carboxylic acids is 1. The number of nitro groups is 1. The van der Waals surface area contributed by atoms with Gasteiger partial charge in [-0.1, -0.05) is 48.9 Å². The van der Waals surface area contributed by atoms with Gasteiger partial charge in [-0.25, -0.2) is 19.8 Å². The Balaban J connectivity index is 1.68. The molecule has 5 rings (SSSR count). The number of nitro benzene ring substituents is 1. The normalized spacial score (nSPS) is 14.7. The van der Waals surface area contributed by atoms with Crippen LogP contribution in [0, 0.1) is 10.1 Å². The van der Waals surface area contributed by atoms with Gasteiger partial charge < -0.3 is 9.47 Å². The summed E-state index contributed by atoms with van der Waals surface area (Å²) < 4.78 is 12.9. The number of thiazole rings is 1. The van der Waals surface area contributed by atoms with E-state index in [1.807, 2.05) is 25.1 Å². The average molecular weight is 618 g/mol. The lowest BCUT2D eigenvalue weighted by molar-refractivity contribution is -0.387. The van der Waals surface area contributed by atoms with E-state index in [0.29, 0.717) is 48.4 Å². The molecule has 0 amide bonds. The minimum Gasteiger partial charge on any atom is -0.496 e. The van der Waals surface area contributed by atoms with E-state index >= 15 is 0 Å². The van der Waals surface area contributed by atoms with Crippen LogP contribution in [-0.4, -0.2) is 39.1 Å². The summed E-state index contributed by atoms with van der Waals surface area (Å²) in [6.45, 7) is 3.87. The molecular formula is C30H27N5O6S2. The summed E-state index contributed by atoms with van der Waals surface area (Å²) in [7, 11) is 1.53. The monoisotopic (exact) mass is 617 g/mol. The van der Waals surface area contributed by atoms with Crippen molar-refractivity contribution in [2.75, 3.05) is 13.7 Å². The number of hydrogen-bond donors (Lipinski definition) is 0. The number of hydrogen-bond acceptors (Lipinski definition) is 11. The molecule has 4 aromatic rings. The summed E-state index contributed by atoms with van der Waals surface area (Å²) in [4.78, 5) is 52.7. The Morgan fingerprint density at radius 2 is 1.93 bits per heavy atom. The molecule has 2 aromatic heterocycles. The topological polar surface area (TPSA) is 139 Å². The van der Waals surface area contributed by atoms with Gasteiger partial charge in [0.25, 0.3) is 11.2 Å². The molecule has 1 aliphatic heterocycles. The summed E-state index contributed by atoms with van der Waals surface area (Å²) >= 11 is 2.23. The predicted molar refractivity (Wildman–Crippen MR) is 162 cm³/mol. The molecule has 1 aliphatic rings. The standard InChI is InChI=1S/C30H27N5O6S2/c1-4-9-20-25(28(37)41-5-2)26(19-10-6-7-11-22(19)40-3)34-27(36)24(43-30(34)33-20)17-18-12-13-23(21(16-18)35(38)39)42-29-31-14-8-15-32-29/h6-8,10-17,26H,4-5,9H2,1-3H3/b24-17+/t26-/m0/s1. The summed E-state index contributed by atoms with van der Waals surface area (Å²) in [6.07, 6.45) is 5.94. The van der Waals surface area contributed by atoms with Crippen LogP contribution >= 0.6 is 23.1 Å². The lowest BCUT2D eigenvalue weighted by Gasteiger charge is -2.26. The smallest absolute Gasteiger partial charge is 0.338 e. The van der Waals surface area contributed by atoms with Crippen molar-refractivity contribution in [1.82, 2.24) is 14.5 Å². The number of rotatable bonds is 10. The van der Waals surface area contributed by atoms with Crippen molar-refractivity contribution < 1.29 is 19.2 Å². The molecule has 2 aromatic carbocycles. The van der Waals surface area contributed by atoms with Crippen LogP contribution in [0.2, 0.25) is 0 Å². The zero-order valence-corrected chi connectivity index (χ0v) is 25.2. The van der Waals surface area contributed by atoms with Crippen molar-refractivity contribution in [1.29, 1.82) is 0 Å². The minimum atomic E-state index is -0.839. The zero-order valence-electron chi connectivity index (χ0n) is 23.6. The molecule has 220 valence electrons. The first-order valence-corrected chi connectivity index (χ1v) is 15.1. The Kier molecular flexibility index (Phi) is 9.12. The second-order valence-corrected chi connectivity index (χ2v) is 11.3. The van der Waals surface area contributed by atoms with Crippen LogP contribution in [0.15, 0.2) is 92.0 Å². The Labute approximate surface area is 254 Å². The van der Waals surface area contributed by atoms with Crippen molar-refractivity contribution in [2.45, 2.75) is 42.8 Å². The van der Waals surface area contributed by atoms with E-state index in [2.05, 4.69) is 9.97 Å². The van der Waals surface area contributed by atoms with E-state index in [4.69, 9.17) is 14.5 Å². The van der Waals surface area contributed by atoms with Gasteiger partial charge in [-0.05, 0) is 54.9 Å². The van der Waals surface area contributed by atoms with Crippen molar-refractivity contribution >= 4 is 40.8 Å². The van der Waals surface area contributed by atoms with Crippen LogP contribution in [0.3, 0.4) is 0 Å². The van der Waals surface area contributed by atoms with Crippen LogP contribution in [0.5, 0.6) is 5.75 Å². The van der Waals surface area contributed by atoms with Crippen LogP contribution in [-0.2, 0) is 9.53 Å². The predicted octanol–water partition coefficient (Wildman–Crippen LogP) is 4.44. The van der Waals surface area contributed by atoms with Gasteiger partial charge in [0.15, 0.2) is 9.96 Å². The minimum absolute atomic E-state index is 0.138. The third kappa shape index (κ3) is 6.13. The van der Waals surface area contributed by atoms with Gasteiger partial charge in [0.2, 0.25) is 0 Å². The van der Waals surface area contributed by atoms with Gasteiger partial charge >= 0.3 is 5.97 Å². The van der Waals surface area contributed by atoms with Gasteiger partial charge in [-0.2, -0.15) is 0 Å². The number of ether oxygens (including phenoxy) is 2. The van der Waals surface area contributed by atoms with Crippen LogP contribution in [0.1, 0.15) is 43.9 Å². The number of benzene rings is 2. The maximum atomic E-state index is 14.0. The maximum absolute atomic E-state index is 14.0. The van der Waals surface area contributed by atoms with Gasteiger partial charge in [-0.3, -0.25) is 19.5 Å². The molecule has 11 nitrogen and oxygen atoms in total. The lowest BCUT2D eigenvalue weighted by Crippen LogP contribution is -2.40. The van der Waals surface area contributed by atoms with E-state index in [1.54, 1.807) is 49.7 Å². The first kappa shape index (κ1) is 29.9. The number of aromatic nitrogens is 3. The maximum Gasteiger partial charge on any atom is 0.338 e. The molecule has 0 radical (unpaired) electrons. The van der Waals surface area contributed by atoms with Gasteiger partial charge in [0, 0.05) is 24.0 Å². The molecule has 0 spiro atoms. The largest absolute Gasteiger partial charge is 0.496 e. The molecule has 0 aliphatic carbocycles. The van der Waals surface area contributed by atoms with Crippen molar-refractivity contribution in [3.8, 4) is 5.75 Å². The molecule has 0 saturated heterocycles. The molecule has 1 atom stereocenters. The summed E-state index contributed by atoms with van der Waals surface area (Å²) in [5, 5.41) is 12.3. The summed E-state index contributed by atoms with van der Waals surface area (Å²) in [5.41, 5.74) is 1.38. The molecular weight excluding hydrogens is 590 g/mol.